The van der Waals surface area contributed by atoms with Crippen molar-refractivity contribution in [2.45, 2.75) is 13.3 Å². The van der Waals surface area contributed by atoms with E-state index in [-0.39, 0.29) is 0 Å². The zero-order chi connectivity index (χ0) is 14.4. The van der Waals surface area contributed by atoms with E-state index in [1.54, 1.807) is 36.4 Å². The van der Waals surface area contributed by atoms with Gasteiger partial charge in [0.2, 0.25) is 0 Å². The molecule has 102 valence electrons. The van der Waals surface area contributed by atoms with E-state index in [1.165, 1.54) is 0 Å². The molecule has 19 heavy (non-hydrogen) atoms. The van der Waals surface area contributed by atoms with E-state index in [2.05, 4.69) is 20.9 Å². The molecule has 0 radical (unpaired) electrons. The summed E-state index contributed by atoms with van der Waals surface area (Å²) in [4.78, 5) is 17.2. The highest BCUT2D eigenvalue weighted by molar-refractivity contribution is 9.11. The Morgan fingerprint density at radius 3 is 2.79 bits per heavy atom. The van der Waals surface area contributed by atoms with Crippen molar-refractivity contribution in [1.29, 1.82) is 0 Å². The lowest BCUT2D eigenvalue weighted by atomic mass is 10.3. The average Bonchev–Trinajstić information content (AvgIpc) is 2.36. The van der Waals surface area contributed by atoms with E-state index in [0.29, 0.717) is 16.5 Å². The number of anilines is 1. The fourth-order valence-electron chi connectivity index (χ4n) is 1.41. The number of nitrogens with zero attached hydrogens (tertiary/aromatic N) is 2. The molecule has 0 aliphatic rings. The Morgan fingerprint density at radius 2 is 2.26 bits per heavy atom. The smallest absolute Gasteiger partial charge is 0.268 e. The van der Waals surface area contributed by atoms with E-state index in [0.717, 1.165) is 10.9 Å². The summed E-state index contributed by atoms with van der Waals surface area (Å²) < 4.78 is 0.776. The Kier molecular flexibility index (Phi) is 6.55. The Bertz CT molecular complexity index is 529. The Morgan fingerprint density at radius 1 is 1.58 bits per heavy atom. The number of halogens is 3. The van der Waals surface area contributed by atoms with Gasteiger partial charge >= 0.3 is 0 Å². The van der Waals surface area contributed by atoms with E-state index < -0.39 is 5.24 Å². The minimum absolute atomic E-state index is 0.291. The topological polar surface area (TPSA) is 33.2 Å². The molecule has 1 aromatic heterocycles. The summed E-state index contributed by atoms with van der Waals surface area (Å²) in [5, 5.41) is -0.130. The molecule has 0 N–H and O–H groups in total. The van der Waals surface area contributed by atoms with E-state index in [9.17, 15) is 4.79 Å². The van der Waals surface area contributed by atoms with Crippen LogP contribution in [0.15, 0.2) is 40.7 Å². The van der Waals surface area contributed by atoms with Crippen molar-refractivity contribution in [1.82, 2.24) is 4.98 Å². The second kappa shape index (κ2) is 7.68. The van der Waals surface area contributed by atoms with Crippen molar-refractivity contribution in [2.75, 3.05) is 11.9 Å². The quantitative estimate of drug-likeness (QED) is 0.438. The van der Waals surface area contributed by atoms with Crippen LogP contribution in [0.25, 0.3) is 0 Å². The van der Waals surface area contributed by atoms with Gasteiger partial charge in [-0.1, -0.05) is 40.5 Å². The molecule has 0 aliphatic heterocycles. The van der Waals surface area contributed by atoms with Gasteiger partial charge in [0.15, 0.2) is 5.82 Å². The highest BCUT2D eigenvalue weighted by Gasteiger charge is 2.17. The van der Waals surface area contributed by atoms with Crippen LogP contribution in [0.2, 0.25) is 5.02 Å². The molecule has 3 nitrogen and oxygen atoms in total. The average molecular weight is 364 g/mol. The zero-order valence-electron chi connectivity index (χ0n) is 10.5. The van der Waals surface area contributed by atoms with Gasteiger partial charge in [-0.25, -0.2) is 4.98 Å². The number of rotatable bonds is 5. The maximum Gasteiger partial charge on any atom is 0.268 e. The molecule has 0 fully saturated rings. The Balaban J connectivity index is 3.18. The summed E-state index contributed by atoms with van der Waals surface area (Å²) in [5.74, 6) is 0.473. The normalized spacial score (nSPS) is 12.5. The number of carbonyl (C=O) groups excluding carboxylic acids is 1. The second-order valence-electron chi connectivity index (χ2n) is 3.67. The zero-order valence-corrected chi connectivity index (χ0v) is 13.6. The number of pyridine rings is 1. The lowest BCUT2D eigenvalue weighted by Crippen LogP contribution is -2.22. The number of hydrogen-bond acceptors (Lipinski definition) is 3. The summed E-state index contributed by atoms with van der Waals surface area (Å²) in [7, 11) is 1.69. The first-order valence-corrected chi connectivity index (χ1v) is 7.13. The SMILES string of the molecule is CC/C=C(Br)/C=C(/C(=O)Cl)N(C)c1ncccc1Cl. The van der Waals surface area contributed by atoms with Crippen LogP contribution in [0.3, 0.4) is 0 Å². The summed E-state index contributed by atoms with van der Waals surface area (Å²) in [6.07, 6.45) is 6.01. The van der Waals surface area contributed by atoms with Gasteiger partial charge in [0, 0.05) is 17.7 Å². The van der Waals surface area contributed by atoms with Crippen LogP contribution in [0, 0.1) is 0 Å². The molecule has 0 spiro atoms. The van der Waals surface area contributed by atoms with Gasteiger partial charge in [-0.05, 0) is 36.2 Å². The largest absolute Gasteiger partial charge is 0.324 e. The molecule has 0 unspecified atom stereocenters. The molecular formula is C13H13BrCl2N2O. The minimum Gasteiger partial charge on any atom is -0.324 e. The molecule has 0 saturated carbocycles. The summed E-state index contributed by atoms with van der Waals surface area (Å²) >= 11 is 15.0. The first-order chi connectivity index (χ1) is 8.97. The van der Waals surface area contributed by atoms with Crippen molar-refractivity contribution in [2.24, 2.45) is 0 Å². The fourth-order valence-corrected chi connectivity index (χ4v) is 2.38. The molecular weight excluding hydrogens is 351 g/mol. The predicted octanol–water partition coefficient (Wildman–Crippen LogP) is 4.51. The number of likely N-dealkylation sites (N-methyl/N-ethyl adjacent to an activating group) is 1. The summed E-state index contributed by atoms with van der Waals surface area (Å²) in [6.45, 7) is 2.00. The highest BCUT2D eigenvalue weighted by atomic mass is 79.9. The van der Waals surface area contributed by atoms with E-state index >= 15 is 0 Å². The molecule has 0 atom stereocenters. The van der Waals surface area contributed by atoms with E-state index in [1.807, 2.05) is 13.0 Å². The number of allylic oxidation sites excluding steroid dienone is 4. The number of carbonyl (C=O) groups is 1. The first-order valence-electron chi connectivity index (χ1n) is 5.58. The lowest BCUT2D eigenvalue weighted by Gasteiger charge is -2.20. The van der Waals surface area contributed by atoms with Gasteiger partial charge in [-0.15, -0.1) is 0 Å². The van der Waals surface area contributed by atoms with Gasteiger partial charge in [-0.3, -0.25) is 4.79 Å². The Labute approximate surface area is 131 Å². The van der Waals surface area contributed by atoms with E-state index in [4.69, 9.17) is 23.2 Å². The van der Waals surface area contributed by atoms with Crippen molar-refractivity contribution in [3.05, 3.63) is 45.7 Å². The van der Waals surface area contributed by atoms with Gasteiger partial charge < -0.3 is 4.90 Å². The molecule has 0 bridgehead atoms. The number of hydrogen-bond donors (Lipinski definition) is 0. The maximum absolute atomic E-state index is 11.5. The molecule has 1 rings (SSSR count). The summed E-state index contributed by atoms with van der Waals surface area (Å²) in [6, 6.07) is 3.42. The van der Waals surface area contributed by atoms with Crippen molar-refractivity contribution < 1.29 is 4.79 Å². The van der Waals surface area contributed by atoms with Crippen molar-refractivity contribution in [3.63, 3.8) is 0 Å². The second-order valence-corrected chi connectivity index (χ2v) is 5.33. The van der Waals surface area contributed by atoms with Gasteiger partial charge in [-0.2, -0.15) is 0 Å². The monoisotopic (exact) mass is 362 g/mol. The van der Waals surface area contributed by atoms with Crippen LogP contribution >= 0.6 is 39.1 Å². The fraction of sp³-hybridized carbons (Fsp3) is 0.231. The van der Waals surface area contributed by atoms with Gasteiger partial charge in [0.25, 0.3) is 5.24 Å². The van der Waals surface area contributed by atoms with Crippen LogP contribution in [-0.4, -0.2) is 17.3 Å². The minimum atomic E-state index is -0.578. The van der Waals surface area contributed by atoms with Gasteiger partial charge in [0.1, 0.15) is 5.70 Å². The lowest BCUT2D eigenvalue weighted by molar-refractivity contribution is -0.108. The summed E-state index contributed by atoms with van der Waals surface area (Å²) in [5.41, 5.74) is 0.291. The molecule has 1 aromatic rings. The third kappa shape index (κ3) is 4.64. The standard InChI is InChI=1S/C13H13BrCl2N2O/c1-3-5-9(14)8-11(12(16)19)18(2)13-10(15)6-4-7-17-13/h4-8H,3H2,1-2H3/b9-5-,11-8-. The molecule has 0 aliphatic carbocycles. The first kappa shape index (κ1) is 16.2. The Hall–Kier alpha value is -0.840. The predicted molar refractivity (Wildman–Crippen MR) is 83.9 cm³/mol. The maximum atomic E-state index is 11.5. The number of aromatic nitrogens is 1. The van der Waals surface area contributed by atoms with Crippen LogP contribution in [-0.2, 0) is 4.79 Å². The van der Waals surface area contributed by atoms with Crippen LogP contribution < -0.4 is 4.90 Å². The third-order valence-electron chi connectivity index (χ3n) is 2.29. The molecule has 0 saturated heterocycles. The van der Waals surface area contributed by atoms with Crippen molar-refractivity contribution in [3.8, 4) is 0 Å². The molecule has 0 amide bonds. The highest BCUT2D eigenvalue weighted by Crippen LogP contribution is 2.26. The van der Waals surface area contributed by atoms with Crippen molar-refractivity contribution >= 4 is 50.2 Å². The van der Waals surface area contributed by atoms with Crippen LogP contribution in [0.4, 0.5) is 5.82 Å². The molecule has 1 heterocycles. The van der Waals surface area contributed by atoms with Gasteiger partial charge in [0.05, 0.1) is 5.02 Å². The van der Waals surface area contributed by atoms with Crippen LogP contribution in [0.1, 0.15) is 13.3 Å². The third-order valence-corrected chi connectivity index (χ3v) is 3.33. The molecule has 0 aromatic carbocycles. The molecule has 6 heteroatoms. The van der Waals surface area contributed by atoms with Crippen LogP contribution in [0.5, 0.6) is 0 Å².